The van der Waals surface area contributed by atoms with Crippen molar-refractivity contribution < 1.29 is 14.0 Å². The SMILES string of the molecule is CC(=O)N1c2ccc(Cl)cc2N(C(C)=O)C1c1ccccc1F. The predicted octanol–water partition coefficient (Wildman–Crippen LogP) is 3.90. The van der Waals surface area contributed by atoms with Crippen LogP contribution in [0.25, 0.3) is 0 Å². The van der Waals surface area contributed by atoms with Crippen LogP contribution in [0.2, 0.25) is 5.02 Å². The third kappa shape index (κ3) is 2.47. The van der Waals surface area contributed by atoms with Crippen molar-refractivity contribution in [2.75, 3.05) is 9.80 Å². The predicted molar refractivity (Wildman–Crippen MR) is 86.9 cm³/mol. The van der Waals surface area contributed by atoms with E-state index in [2.05, 4.69) is 0 Å². The maximum Gasteiger partial charge on any atom is 0.225 e. The van der Waals surface area contributed by atoms with E-state index in [0.717, 1.165) is 0 Å². The Morgan fingerprint density at radius 3 is 2.22 bits per heavy atom. The van der Waals surface area contributed by atoms with Crippen LogP contribution in [-0.4, -0.2) is 11.8 Å². The minimum absolute atomic E-state index is 0.255. The van der Waals surface area contributed by atoms with Gasteiger partial charge in [-0.15, -0.1) is 0 Å². The number of hydrogen-bond donors (Lipinski definition) is 0. The van der Waals surface area contributed by atoms with Crippen molar-refractivity contribution in [3.63, 3.8) is 0 Å². The summed E-state index contributed by atoms with van der Waals surface area (Å²) >= 11 is 6.03. The first kappa shape index (κ1) is 15.5. The number of halogens is 2. The average molecular weight is 333 g/mol. The second kappa shape index (κ2) is 5.66. The molecule has 0 spiro atoms. The Hall–Kier alpha value is -2.40. The summed E-state index contributed by atoms with van der Waals surface area (Å²) in [5.41, 5.74) is 1.28. The van der Waals surface area contributed by atoms with Gasteiger partial charge in [-0.2, -0.15) is 0 Å². The molecule has 0 bridgehead atoms. The van der Waals surface area contributed by atoms with Gasteiger partial charge in [0.25, 0.3) is 0 Å². The van der Waals surface area contributed by atoms with E-state index >= 15 is 0 Å². The van der Waals surface area contributed by atoms with Gasteiger partial charge in [0, 0.05) is 24.4 Å². The van der Waals surface area contributed by atoms with Gasteiger partial charge in [-0.3, -0.25) is 19.4 Å². The first-order valence-corrected chi connectivity index (χ1v) is 7.43. The van der Waals surface area contributed by atoms with Crippen molar-refractivity contribution in [1.82, 2.24) is 0 Å². The lowest BCUT2D eigenvalue weighted by Crippen LogP contribution is -2.41. The molecule has 0 N–H and O–H groups in total. The monoisotopic (exact) mass is 332 g/mol. The van der Waals surface area contributed by atoms with Gasteiger partial charge < -0.3 is 0 Å². The molecule has 0 saturated heterocycles. The summed E-state index contributed by atoms with van der Waals surface area (Å²) in [4.78, 5) is 27.2. The first-order chi connectivity index (χ1) is 10.9. The maximum atomic E-state index is 14.3. The van der Waals surface area contributed by atoms with E-state index in [1.165, 1.54) is 29.7 Å². The van der Waals surface area contributed by atoms with Crippen LogP contribution in [0.1, 0.15) is 25.6 Å². The fraction of sp³-hybridized carbons (Fsp3) is 0.176. The number of anilines is 2. The molecule has 6 heteroatoms. The molecule has 3 rings (SSSR count). The summed E-state index contributed by atoms with van der Waals surface area (Å²) in [6, 6.07) is 11.0. The lowest BCUT2D eigenvalue weighted by Gasteiger charge is -2.29. The van der Waals surface area contributed by atoms with Gasteiger partial charge >= 0.3 is 0 Å². The Balaban J connectivity index is 2.27. The second-order valence-corrected chi connectivity index (χ2v) is 5.74. The highest BCUT2D eigenvalue weighted by molar-refractivity contribution is 6.31. The molecular weight excluding hydrogens is 319 g/mol. The van der Waals surface area contributed by atoms with Gasteiger partial charge in [-0.1, -0.05) is 29.8 Å². The van der Waals surface area contributed by atoms with Gasteiger partial charge in [0.05, 0.1) is 11.4 Å². The molecule has 0 aromatic heterocycles. The fourth-order valence-corrected chi connectivity index (χ4v) is 3.08. The fourth-order valence-electron chi connectivity index (χ4n) is 2.92. The molecule has 2 aromatic rings. The first-order valence-electron chi connectivity index (χ1n) is 7.05. The lowest BCUT2D eigenvalue weighted by atomic mass is 10.1. The molecule has 118 valence electrons. The molecule has 0 fully saturated rings. The van der Waals surface area contributed by atoms with Gasteiger partial charge in [0.15, 0.2) is 0 Å². The van der Waals surface area contributed by atoms with Crippen molar-refractivity contribution in [2.24, 2.45) is 0 Å². The zero-order valence-corrected chi connectivity index (χ0v) is 13.3. The number of amides is 2. The van der Waals surface area contributed by atoms with Gasteiger partial charge in [0.1, 0.15) is 12.0 Å². The molecule has 1 atom stereocenters. The molecule has 23 heavy (non-hydrogen) atoms. The van der Waals surface area contributed by atoms with E-state index in [1.54, 1.807) is 36.4 Å². The van der Waals surface area contributed by atoms with Crippen LogP contribution in [0.3, 0.4) is 0 Å². The van der Waals surface area contributed by atoms with E-state index < -0.39 is 12.0 Å². The number of rotatable bonds is 1. The largest absolute Gasteiger partial charge is 0.285 e. The van der Waals surface area contributed by atoms with Crippen LogP contribution in [0, 0.1) is 5.82 Å². The summed E-state index contributed by atoms with van der Waals surface area (Å²) < 4.78 is 14.3. The van der Waals surface area contributed by atoms with Crippen molar-refractivity contribution in [3.8, 4) is 0 Å². The molecular formula is C17H14ClFN2O2. The normalized spacial score (nSPS) is 16.4. The van der Waals surface area contributed by atoms with Gasteiger partial charge in [0.2, 0.25) is 11.8 Å². The smallest absolute Gasteiger partial charge is 0.225 e. The number of carbonyl (C=O) groups excluding carboxylic acids is 2. The number of benzene rings is 2. The minimum Gasteiger partial charge on any atom is -0.285 e. The van der Waals surface area contributed by atoms with E-state index in [9.17, 15) is 14.0 Å². The standard InChI is InChI=1S/C17H14ClFN2O2/c1-10(22)20-15-8-7-12(18)9-16(15)21(11(2)23)17(20)13-5-3-4-6-14(13)19/h3-9,17H,1-2H3. The number of carbonyl (C=O) groups is 2. The van der Waals surface area contributed by atoms with E-state index in [0.29, 0.717) is 16.4 Å². The van der Waals surface area contributed by atoms with Gasteiger partial charge in [-0.05, 0) is 24.3 Å². The van der Waals surface area contributed by atoms with Crippen LogP contribution in [0.4, 0.5) is 15.8 Å². The van der Waals surface area contributed by atoms with Crippen LogP contribution < -0.4 is 9.80 Å². The number of nitrogens with zero attached hydrogens (tertiary/aromatic N) is 2. The maximum absolute atomic E-state index is 14.3. The zero-order chi connectivity index (χ0) is 16.7. The Morgan fingerprint density at radius 2 is 1.61 bits per heavy atom. The van der Waals surface area contributed by atoms with Crippen molar-refractivity contribution in [3.05, 3.63) is 58.9 Å². The summed E-state index contributed by atoms with van der Waals surface area (Å²) in [6.07, 6.45) is -0.861. The van der Waals surface area contributed by atoms with E-state index in [-0.39, 0.29) is 17.4 Å². The minimum atomic E-state index is -0.861. The molecule has 1 aliphatic heterocycles. The molecule has 1 aliphatic rings. The topological polar surface area (TPSA) is 40.6 Å². The summed E-state index contributed by atoms with van der Waals surface area (Å²) in [7, 11) is 0. The average Bonchev–Trinajstić information content (AvgIpc) is 2.81. The van der Waals surface area contributed by atoms with E-state index in [1.807, 2.05) is 0 Å². The molecule has 2 aromatic carbocycles. The van der Waals surface area contributed by atoms with Gasteiger partial charge in [-0.25, -0.2) is 4.39 Å². The highest BCUT2D eigenvalue weighted by Gasteiger charge is 2.42. The molecule has 4 nitrogen and oxygen atoms in total. The Morgan fingerprint density at radius 1 is 1.00 bits per heavy atom. The third-order valence-electron chi connectivity index (χ3n) is 3.81. The summed E-state index contributed by atoms with van der Waals surface area (Å²) in [6.45, 7) is 2.76. The van der Waals surface area contributed by atoms with Crippen LogP contribution in [0.15, 0.2) is 42.5 Å². The van der Waals surface area contributed by atoms with Crippen molar-refractivity contribution in [1.29, 1.82) is 0 Å². The second-order valence-electron chi connectivity index (χ2n) is 5.31. The molecule has 1 unspecified atom stereocenters. The molecule has 1 heterocycles. The van der Waals surface area contributed by atoms with Crippen LogP contribution >= 0.6 is 11.6 Å². The molecule has 0 aliphatic carbocycles. The van der Waals surface area contributed by atoms with Crippen LogP contribution in [-0.2, 0) is 9.59 Å². The molecule has 0 radical (unpaired) electrons. The molecule has 0 saturated carbocycles. The third-order valence-corrected chi connectivity index (χ3v) is 4.04. The van der Waals surface area contributed by atoms with Crippen LogP contribution in [0.5, 0.6) is 0 Å². The number of hydrogen-bond acceptors (Lipinski definition) is 2. The van der Waals surface area contributed by atoms with E-state index in [4.69, 9.17) is 11.6 Å². The number of fused-ring (bicyclic) bond motifs is 1. The van der Waals surface area contributed by atoms with Crippen molar-refractivity contribution in [2.45, 2.75) is 20.0 Å². The highest BCUT2D eigenvalue weighted by Crippen LogP contribution is 2.47. The quantitative estimate of drug-likeness (QED) is 0.794. The Labute approximate surface area is 138 Å². The zero-order valence-electron chi connectivity index (χ0n) is 12.6. The lowest BCUT2D eigenvalue weighted by molar-refractivity contribution is -0.118. The summed E-state index contributed by atoms with van der Waals surface area (Å²) in [5, 5.41) is 0.438. The Kier molecular flexibility index (Phi) is 3.82. The molecule has 2 amide bonds. The highest BCUT2D eigenvalue weighted by atomic mass is 35.5. The van der Waals surface area contributed by atoms with Crippen molar-refractivity contribution >= 4 is 34.8 Å². The summed E-state index contributed by atoms with van der Waals surface area (Å²) in [5.74, 6) is -1.06. The Bertz CT molecular complexity index is 809.